The van der Waals surface area contributed by atoms with Gasteiger partial charge in [0.05, 0.1) is 39.3 Å². The molecule has 0 saturated carbocycles. The van der Waals surface area contributed by atoms with E-state index in [1.165, 1.54) is 11.8 Å². The maximum atomic E-state index is 12.5. The van der Waals surface area contributed by atoms with E-state index in [1.807, 2.05) is 11.5 Å². The number of thioether (sulfide) groups is 1. The Morgan fingerprint density at radius 2 is 1.63 bits per heavy atom. The zero-order valence-corrected chi connectivity index (χ0v) is 21.1. The molecule has 1 aromatic heterocycles. The largest absolute Gasteiger partial charge is 0.493 e. The van der Waals surface area contributed by atoms with E-state index in [2.05, 4.69) is 15.5 Å². The van der Waals surface area contributed by atoms with E-state index in [1.54, 1.807) is 64.7 Å². The molecule has 1 N–H and O–H groups in total. The van der Waals surface area contributed by atoms with Gasteiger partial charge in [-0.15, -0.1) is 10.2 Å². The molecule has 0 bridgehead atoms. The van der Waals surface area contributed by atoms with E-state index in [0.29, 0.717) is 52.6 Å². The number of anilines is 1. The molecule has 186 valence electrons. The molecule has 0 aliphatic carbocycles. The molecule has 0 aliphatic rings. The molecule has 3 aromatic rings. The quantitative estimate of drug-likeness (QED) is 0.309. The minimum atomic E-state index is -0.400. The van der Waals surface area contributed by atoms with Crippen molar-refractivity contribution >= 4 is 29.3 Å². The van der Waals surface area contributed by atoms with E-state index < -0.39 is 5.97 Å². The van der Waals surface area contributed by atoms with Crippen molar-refractivity contribution in [1.82, 2.24) is 14.8 Å². The number of amides is 1. The predicted molar refractivity (Wildman–Crippen MR) is 133 cm³/mol. The van der Waals surface area contributed by atoms with Gasteiger partial charge in [-0.3, -0.25) is 4.79 Å². The van der Waals surface area contributed by atoms with Crippen LogP contribution in [0.5, 0.6) is 17.2 Å². The second kappa shape index (κ2) is 12.1. The Balaban J connectivity index is 1.71. The van der Waals surface area contributed by atoms with Crippen LogP contribution in [0, 0.1) is 0 Å². The van der Waals surface area contributed by atoms with Gasteiger partial charge in [-0.25, -0.2) is 4.79 Å². The van der Waals surface area contributed by atoms with Crippen molar-refractivity contribution in [2.45, 2.75) is 25.5 Å². The average molecular weight is 501 g/mol. The lowest BCUT2D eigenvalue weighted by atomic mass is 10.1. The first-order valence-corrected chi connectivity index (χ1v) is 11.9. The number of carbonyl (C=O) groups excluding carboxylic acids is 2. The van der Waals surface area contributed by atoms with E-state index in [0.717, 1.165) is 5.56 Å². The molecule has 1 heterocycles. The Morgan fingerprint density at radius 3 is 2.17 bits per heavy atom. The first kappa shape index (κ1) is 25.9. The van der Waals surface area contributed by atoms with Crippen LogP contribution in [0.4, 0.5) is 5.69 Å². The molecular weight excluding hydrogens is 472 g/mol. The maximum Gasteiger partial charge on any atom is 0.338 e. The number of carbonyl (C=O) groups is 2. The summed E-state index contributed by atoms with van der Waals surface area (Å²) < 4.78 is 23.1. The number of hydrogen-bond donors (Lipinski definition) is 1. The zero-order valence-electron chi connectivity index (χ0n) is 20.3. The summed E-state index contributed by atoms with van der Waals surface area (Å²) in [7, 11) is 4.65. The highest BCUT2D eigenvalue weighted by Crippen LogP contribution is 2.41. The van der Waals surface area contributed by atoms with Crippen molar-refractivity contribution in [3.63, 3.8) is 0 Å². The molecule has 0 saturated heterocycles. The van der Waals surface area contributed by atoms with Crippen LogP contribution in [-0.4, -0.2) is 60.3 Å². The number of ether oxygens (including phenoxy) is 4. The molecule has 35 heavy (non-hydrogen) atoms. The van der Waals surface area contributed by atoms with Crippen molar-refractivity contribution in [2.24, 2.45) is 0 Å². The van der Waals surface area contributed by atoms with Gasteiger partial charge in [-0.05, 0) is 50.2 Å². The Kier molecular flexibility index (Phi) is 8.96. The summed E-state index contributed by atoms with van der Waals surface area (Å²) in [5.41, 5.74) is 1.75. The Bertz CT molecular complexity index is 1150. The van der Waals surface area contributed by atoms with Crippen molar-refractivity contribution in [1.29, 1.82) is 0 Å². The van der Waals surface area contributed by atoms with Crippen LogP contribution in [0.25, 0.3) is 11.4 Å². The van der Waals surface area contributed by atoms with Gasteiger partial charge >= 0.3 is 5.97 Å². The lowest BCUT2D eigenvalue weighted by molar-refractivity contribution is -0.113. The van der Waals surface area contributed by atoms with Gasteiger partial charge in [0.15, 0.2) is 22.5 Å². The topological polar surface area (TPSA) is 114 Å². The van der Waals surface area contributed by atoms with Crippen LogP contribution in [0.2, 0.25) is 0 Å². The molecule has 0 fully saturated rings. The van der Waals surface area contributed by atoms with Crippen LogP contribution < -0.4 is 19.5 Å². The number of aromatic nitrogens is 3. The Morgan fingerprint density at radius 1 is 0.971 bits per heavy atom. The molecular formula is C24H28N4O6S. The van der Waals surface area contributed by atoms with E-state index in [9.17, 15) is 9.59 Å². The highest BCUT2D eigenvalue weighted by Gasteiger charge is 2.20. The van der Waals surface area contributed by atoms with Crippen LogP contribution in [0.3, 0.4) is 0 Å². The Hall–Kier alpha value is -3.73. The van der Waals surface area contributed by atoms with Crippen LogP contribution in [0.15, 0.2) is 41.6 Å². The molecule has 10 nitrogen and oxygen atoms in total. The summed E-state index contributed by atoms with van der Waals surface area (Å²) in [6.45, 7) is 4.62. The average Bonchev–Trinajstić information content (AvgIpc) is 3.30. The van der Waals surface area contributed by atoms with E-state index >= 15 is 0 Å². The minimum Gasteiger partial charge on any atom is -0.493 e. The van der Waals surface area contributed by atoms with Gasteiger partial charge in [0.2, 0.25) is 11.7 Å². The summed E-state index contributed by atoms with van der Waals surface area (Å²) in [6, 6.07) is 10.1. The van der Waals surface area contributed by atoms with Crippen molar-refractivity contribution < 1.29 is 28.5 Å². The smallest absolute Gasteiger partial charge is 0.338 e. The van der Waals surface area contributed by atoms with E-state index in [4.69, 9.17) is 18.9 Å². The highest BCUT2D eigenvalue weighted by atomic mass is 32.2. The number of benzene rings is 2. The number of esters is 1. The summed E-state index contributed by atoms with van der Waals surface area (Å²) in [5, 5.41) is 12.0. The third-order valence-electron chi connectivity index (χ3n) is 4.97. The fourth-order valence-electron chi connectivity index (χ4n) is 3.34. The fraction of sp³-hybridized carbons (Fsp3) is 0.333. The second-order valence-corrected chi connectivity index (χ2v) is 8.04. The molecule has 0 spiro atoms. The monoisotopic (exact) mass is 500 g/mol. The van der Waals surface area contributed by atoms with Crippen molar-refractivity contribution in [2.75, 3.05) is 39.0 Å². The van der Waals surface area contributed by atoms with Gasteiger partial charge in [-0.1, -0.05) is 11.8 Å². The van der Waals surface area contributed by atoms with Crippen LogP contribution in [-0.2, 0) is 16.1 Å². The Labute approximate surface area is 207 Å². The lowest BCUT2D eigenvalue weighted by Gasteiger charge is -2.14. The second-order valence-electron chi connectivity index (χ2n) is 7.10. The molecule has 2 aromatic carbocycles. The van der Waals surface area contributed by atoms with Crippen molar-refractivity contribution in [3.8, 4) is 28.6 Å². The number of nitrogens with zero attached hydrogens (tertiary/aromatic N) is 3. The SMILES string of the molecule is CCOC(=O)c1ccc(NC(=O)CSc2nnc(-c3cc(OC)c(OC)c(OC)c3)n2CC)cc1. The summed E-state index contributed by atoms with van der Waals surface area (Å²) >= 11 is 1.27. The minimum absolute atomic E-state index is 0.132. The molecule has 0 atom stereocenters. The summed E-state index contributed by atoms with van der Waals surface area (Å²) in [6.07, 6.45) is 0. The number of rotatable bonds is 11. The van der Waals surface area contributed by atoms with Gasteiger partial charge in [0.25, 0.3) is 0 Å². The fourth-order valence-corrected chi connectivity index (χ4v) is 4.14. The number of methoxy groups -OCH3 is 3. The molecule has 3 rings (SSSR count). The van der Waals surface area contributed by atoms with E-state index in [-0.39, 0.29) is 11.7 Å². The summed E-state index contributed by atoms with van der Waals surface area (Å²) in [5.74, 6) is 1.64. The first-order chi connectivity index (χ1) is 16.9. The van der Waals surface area contributed by atoms with Crippen LogP contribution in [0.1, 0.15) is 24.2 Å². The normalized spacial score (nSPS) is 10.5. The molecule has 11 heteroatoms. The van der Waals surface area contributed by atoms with Gasteiger partial charge in [-0.2, -0.15) is 0 Å². The molecule has 1 amide bonds. The highest BCUT2D eigenvalue weighted by molar-refractivity contribution is 7.99. The summed E-state index contributed by atoms with van der Waals surface area (Å²) in [4.78, 5) is 24.3. The first-order valence-electron chi connectivity index (χ1n) is 10.9. The van der Waals surface area contributed by atoms with Crippen molar-refractivity contribution in [3.05, 3.63) is 42.0 Å². The van der Waals surface area contributed by atoms with Gasteiger partial charge < -0.3 is 28.8 Å². The van der Waals surface area contributed by atoms with Gasteiger partial charge in [0.1, 0.15) is 0 Å². The predicted octanol–water partition coefficient (Wildman–Crippen LogP) is 3.90. The van der Waals surface area contributed by atoms with Gasteiger partial charge in [0, 0.05) is 17.8 Å². The lowest BCUT2D eigenvalue weighted by Crippen LogP contribution is -2.15. The third-order valence-corrected chi connectivity index (χ3v) is 5.93. The standard InChI is InChI=1S/C24H28N4O6S/c1-6-28-22(16-12-18(31-3)21(33-5)19(13-16)32-4)26-27-24(28)35-14-20(29)25-17-10-8-15(9-11-17)23(30)34-7-2/h8-13H,6-7,14H2,1-5H3,(H,25,29). The number of hydrogen-bond acceptors (Lipinski definition) is 9. The molecule has 0 radical (unpaired) electrons. The maximum absolute atomic E-state index is 12.5. The number of nitrogens with one attached hydrogen (secondary N) is 1. The van der Waals surface area contributed by atoms with Crippen LogP contribution >= 0.6 is 11.8 Å². The molecule has 0 aliphatic heterocycles. The third kappa shape index (κ3) is 6.04. The zero-order chi connectivity index (χ0) is 25.4. The molecule has 0 unspecified atom stereocenters.